The molecule has 0 unspecified atom stereocenters. The number of phenolic OH excluding ortho intramolecular Hbond substituents is 1. The molecule has 0 amide bonds. The van der Waals surface area contributed by atoms with Gasteiger partial charge in [0.05, 0.1) is 0 Å². The highest BCUT2D eigenvalue weighted by atomic mass is 16.3. The van der Waals surface area contributed by atoms with E-state index in [0.29, 0.717) is 11.7 Å². The Labute approximate surface area is 108 Å². The summed E-state index contributed by atoms with van der Waals surface area (Å²) in [5.41, 5.74) is 4.96. The van der Waals surface area contributed by atoms with Crippen molar-refractivity contribution in [2.45, 2.75) is 33.1 Å². The number of nitrogens with one attached hydrogen (secondary N) is 1. The Morgan fingerprint density at radius 2 is 2.00 bits per heavy atom. The Hall–Kier alpha value is -1.70. The van der Waals surface area contributed by atoms with Crippen molar-refractivity contribution < 1.29 is 5.11 Å². The minimum Gasteiger partial charge on any atom is -0.507 e. The van der Waals surface area contributed by atoms with Gasteiger partial charge < -0.3 is 10.4 Å². The first-order valence-electron chi connectivity index (χ1n) is 6.61. The Kier molecular flexibility index (Phi) is 2.47. The molecule has 1 heterocycles. The van der Waals surface area contributed by atoms with Crippen LogP contribution in [-0.4, -0.2) is 11.7 Å². The summed E-state index contributed by atoms with van der Waals surface area (Å²) < 4.78 is 0. The summed E-state index contributed by atoms with van der Waals surface area (Å²) in [6.45, 7) is 7.45. The predicted molar refractivity (Wildman–Crippen MR) is 76.6 cm³/mol. The van der Waals surface area contributed by atoms with Crippen molar-refractivity contribution in [3.8, 4) is 5.75 Å². The van der Waals surface area contributed by atoms with Crippen molar-refractivity contribution in [2.75, 3.05) is 11.9 Å². The molecule has 0 saturated heterocycles. The normalized spacial score (nSPS) is 14.0. The standard InChI is InChI=1S/C16H19NO/c1-9(2)11-5-4-10(3)15-12-6-7-17-13(12)8-14(18)16(11)15/h4-5,8-9,17-18H,6-7H2,1-3H3. The Morgan fingerprint density at radius 3 is 2.72 bits per heavy atom. The fourth-order valence-corrected chi connectivity index (χ4v) is 3.04. The number of hydrogen-bond donors (Lipinski definition) is 2. The van der Waals surface area contributed by atoms with Crippen LogP contribution in [0.3, 0.4) is 0 Å². The van der Waals surface area contributed by atoms with Gasteiger partial charge in [0, 0.05) is 23.7 Å². The number of fused-ring (bicyclic) bond motifs is 3. The number of rotatable bonds is 1. The molecule has 3 rings (SSSR count). The zero-order chi connectivity index (χ0) is 12.9. The van der Waals surface area contributed by atoms with Gasteiger partial charge in [-0.2, -0.15) is 0 Å². The van der Waals surface area contributed by atoms with Crippen LogP contribution >= 0.6 is 0 Å². The summed E-state index contributed by atoms with van der Waals surface area (Å²) in [5.74, 6) is 0.831. The molecule has 0 aromatic heterocycles. The third kappa shape index (κ3) is 1.48. The lowest BCUT2D eigenvalue weighted by Gasteiger charge is -2.16. The van der Waals surface area contributed by atoms with E-state index >= 15 is 0 Å². The average Bonchev–Trinajstić information content (AvgIpc) is 2.76. The minimum atomic E-state index is 0.408. The molecule has 94 valence electrons. The van der Waals surface area contributed by atoms with Crippen LogP contribution in [0.1, 0.15) is 36.5 Å². The molecule has 0 fully saturated rings. The van der Waals surface area contributed by atoms with Gasteiger partial charge in [-0.1, -0.05) is 26.0 Å². The van der Waals surface area contributed by atoms with E-state index in [1.807, 2.05) is 6.07 Å². The van der Waals surface area contributed by atoms with Crippen molar-refractivity contribution in [1.29, 1.82) is 0 Å². The highest BCUT2D eigenvalue weighted by Crippen LogP contribution is 2.41. The molecular weight excluding hydrogens is 222 g/mol. The summed E-state index contributed by atoms with van der Waals surface area (Å²) in [5, 5.41) is 16.0. The van der Waals surface area contributed by atoms with Crippen molar-refractivity contribution in [2.24, 2.45) is 0 Å². The van der Waals surface area contributed by atoms with Crippen LogP contribution in [0.15, 0.2) is 18.2 Å². The van der Waals surface area contributed by atoms with Crippen molar-refractivity contribution in [3.05, 3.63) is 34.9 Å². The van der Waals surface area contributed by atoms with E-state index in [2.05, 4.69) is 38.2 Å². The van der Waals surface area contributed by atoms with Gasteiger partial charge >= 0.3 is 0 Å². The third-order valence-electron chi connectivity index (χ3n) is 3.92. The van der Waals surface area contributed by atoms with Crippen LogP contribution in [0.4, 0.5) is 5.69 Å². The summed E-state index contributed by atoms with van der Waals surface area (Å²) in [7, 11) is 0. The molecule has 2 heteroatoms. The largest absolute Gasteiger partial charge is 0.507 e. The van der Waals surface area contributed by atoms with Crippen molar-refractivity contribution in [3.63, 3.8) is 0 Å². The second kappa shape index (κ2) is 3.91. The van der Waals surface area contributed by atoms with E-state index < -0.39 is 0 Å². The van der Waals surface area contributed by atoms with Gasteiger partial charge in [-0.3, -0.25) is 0 Å². The molecule has 0 spiro atoms. The van der Waals surface area contributed by atoms with Crippen LogP contribution in [0.25, 0.3) is 10.8 Å². The van der Waals surface area contributed by atoms with E-state index in [1.54, 1.807) is 0 Å². The number of aryl methyl sites for hydroxylation is 1. The van der Waals surface area contributed by atoms with Gasteiger partial charge in [0.2, 0.25) is 0 Å². The summed E-state index contributed by atoms with van der Waals surface area (Å²) in [6.07, 6.45) is 1.05. The number of hydrogen-bond acceptors (Lipinski definition) is 2. The summed E-state index contributed by atoms with van der Waals surface area (Å²) >= 11 is 0. The van der Waals surface area contributed by atoms with Gasteiger partial charge in [-0.15, -0.1) is 0 Å². The fourth-order valence-electron chi connectivity index (χ4n) is 3.04. The van der Waals surface area contributed by atoms with Gasteiger partial charge in [0.15, 0.2) is 0 Å². The maximum absolute atomic E-state index is 10.3. The Balaban J connectivity index is 2.48. The monoisotopic (exact) mass is 241 g/mol. The van der Waals surface area contributed by atoms with Crippen LogP contribution < -0.4 is 5.32 Å². The Bertz CT molecular complexity index is 629. The zero-order valence-electron chi connectivity index (χ0n) is 11.2. The molecule has 0 atom stereocenters. The lowest BCUT2D eigenvalue weighted by molar-refractivity contribution is 0.481. The van der Waals surface area contributed by atoms with Crippen LogP contribution in [0, 0.1) is 6.92 Å². The zero-order valence-corrected chi connectivity index (χ0v) is 11.2. The highest BCUT2D eigenvalue weighted by molar-refractivity contribution is 6.00. The number of benzene rings is 2. The van der Waals surface area contributed by atoms with Crippen LogP contribution in [0.2, 0.25) is 0 Å². The van der Waals surface area contributed by atoms with E-state index in [9.17, 15) is 5.11 Å². The van der Waals surface area contributed by atoms with E-state index in [4.69, 9.17) is 0 Å². The quantitative estimate of drug-likeness (QED) is 0.792. The summed E-state index contributed by atoms with van der Waals surface area (Å²) in [4.78, 5) is 0. The molecule has 2 N–H and O–H groups in total. The number of anilines is 1. The topological polar surface area (TPSA) is 32.3 Å². The van der Waals surface area contributed by atoms with Crippen molar-refractivity contribution in [1.82, 2.24) is 0 Å². The third-order valence-corrected chi connectivity index (χ3v) is 3.92. The molecule has 18 heavy (non-hydrogen) atoms. The highest BCUT2D eigenvalue weighted by Gasteiger charge is 2.20. The second-order valence-electron chi connectivity index (χ2n) is 5.47. The van der Waals surface area contributed by atoms with Gasteiger partial charge in [0.25, 0.3) is 0 Å². The van der Waals surface area contributed by atoms with Crippen molar-refractivity contribution >= 4 is 16.5 Å². The molecule has 1 aliphatic heterocycles. The Morgan fingerprint density at radius 1 is 1.22 bits per heavy atom. The van der Waals surface area contributed by atoms with Crippen LogP contribution in [-0.2, 0) is 6.42 Å². The van der Waals surface area contributed by atoms with Crippen LogP contribution in [0.5, 0.6) is 5.75 Å². The maximum atomic E-state index is 10.3. The molecule has 1 aliphatic rings. The minimum absolute atomic E-state index is 0.408. The maximum Gasteiger partial charge on any atom is 0.125 e. The van der Waals surface area contributed by atoms with E-state index in [0.717, 1.165) is 24.0 Å². The second-order valence-corrected chi connectivity index (χ2v) is 5.47. The lowest BCUT2D eigenvalue weighted by Crippen LogP contribution is -1.95. The number of phenols is 1. The SMILES string of the molecule is Cc1ccc(C(C)C)c2c(O)cc3c(c12)CCN3. The first-order chi connectivity index (χ1) is 8.59. The predicted octanol–water partition coefficient (Wildman–Crippen LogP) is 3.95. The van der Waals surface area contributed by atoms with E-state index in [-0.39, 0.29) is 0 Å². The first-order valence-corrected chi connectivity index (χ1v) is 6.61. The molecule has 2 aromatic carbocycles. The van der Waals surface area contributed by atoms with Gasteiger partial charge in [0.1, 0.15) is 5.75 Å². The molecule has 0 saturated carbocycles. The molecule has 2 nitrogen and oxygen atoms in total. The molecule has 2 aromatic rings. The average molecular weight is 241 g/mol. The van der Waals surface area contributed by atoms with E-state index in [1.165, 1.54) is 22.1 Å². The first kappa shape index (κ1) is 11.4. The fraction of sp³-hybridized carbons (Fsp3) is 0.375. The smallest absolute Gasteiger partial charge is 0.125 e. The molecule has 0 aliphatic carbocycles. The molecular formula is C16H19NO. The molecule has 0 radical (unpaired) electrons. The van der Waals surface area contributed by atoms with Gasteiger partial charge in [-0.05, 0) is 41.3 Å². The summed E-state index contributed by atoms with van der Waals surface area (Å²) in [6, 6.07) is 6.21. The number of aromatic hydroxyl groups is 1. The molecule has 0 bridgehead atoms. The lowest BCUT2D eigenvalue weighted by atomic mass is 9.89. The van der Waals surface area contributed by atoms with Gasteiger partial charge in [-0.25, -0.2) is 0 Å².